The lowest BCUT2D eigenvalue weighted by molar-refractivity contribution is 0.131. The van der Waals surface area contributed by atoms with Crippen LogP contribution in [0.1, 0.15) is 13.8 Å². The van der Waals surface area contributed by atoms with E-state index in [1.165, 1.54) is 37.6 Å². The van der Waals surface area contributed by atoms with Crippen LogP contribution in [0.25, 0.3) is 0 Å². The molecule has 2 amide bonds. The average molecular weight is 354 g/mol. The summed E-state index contributed by atoms with van der Waals surface area (Å²) in [5.41, 5.74) is 0. The highest BCUT2D eigenvalue weighted by Gasteiger charge is 2.19. The second kappa shape index (κ2) is 10.6. The van der Waals surface area contributed by atoms with Crippen LogP contribution in [0.15, 0.2) is 10.3 Å². The molecule has 0 spiro atoms. The van der Waals surface area contributed by atoms with Crippen LogP contribution in [0, 0.1) is 0 Å². The minimum Gasteiger partial charge on any atom is -0.296 e. The Bertz CT molecular complexity index is 393. The third-order valence-electron chi connectivity index (χ3n) is 1.85. The Morgan fingerprint density at radius 2 is 1.19 bits per heavy atom. The van der Waals surface area contributed by atoms with Gasteiger partial charge in [-0.1, -0.05) is 10.3 Å². The number of amides is 2. The number of thioether (sulfide) groups is 2. The smallest absolute Gasteiger partial charge is 0.296 e. The van der Waals surface area contributed by atoms with Gasteiger partial charge in [0.1, 0.15) is 10.1 Å². The summed E-state index contributed by atoms with van der Waals surface area (Å²) in [5.74, 6) is 0. The fourth-order valence-corrected chi connectivity index (χ4v) is 1.44. The molecule has 0 aromatic carbocycles. The molecule has 0 saturated carbocycles. The van der Waals surface area contributed by atoms with Gasteiger partial charge < -0.3 is 0 Å². The number of nitrogens with zero attached hydrogens (tertiary/aromatic N) is 4. The topological polar surface area (TPSA) is 83.8 Å². The monoisotopic (exact) mass is 354 g/mol. The van der Waals surface area contributed by atoms with Crippen molar-refractivity contribution in [2.24, 2.45) is 10.3 Å². The van der Waals surface area contributed by atoms with E-state index in [1.54, 1.807) is 13.8 Å². The van der Waals surface area contributed by atoms with E-state index in [0.717, 1.165) is 20.7 Å². The Hall–Kier alpha value is -1.07. The van der Waals surface area contributed by atoms with E-state index in [1.807, 2.05) is 12.5 Å². The van der Waals surface area contributed by atoms with E-state index in [-0.39, 0.29) is 0 Å². The molecule has 120 valence electrons. The lowest BCUT2D eigenvalue weighted by atomic mass is 10.9. The molecule has 0 unspecified atom stereocenters. The van der Waals surface area contributed by atoms with E-state index >= 15 is 0 Å². The minimum absolute atomic E-state index is 0.608. The highest BCUT2D eigenvalue weighted by atomic mass is 32.2. The fourth-order valence-electron chi connectivity index (χ4n) is 0.647. The van der Waals surface area contributed by atoms with E-state index < -0.39 is 12.2 Å². The van der Waals surface area contributed by atoms with Crippen molar-refractivity contribution in [1.29, 1.82) is 0 Å². The molecule has 0 fully saturated rings. The fraction of sp³-hybridized carbons (Fsp3) is 0.600. The number of hydrogen-bond donors (Lipinski definition) is 0. The van der Waals surface area contributed by atoms with Gasteiger partial charge in [0.05, 0.1) is 12.1 Å². The van der Waals surface area contributed by atoms with E-state index in [9.17, 15) is 9.59 Å². The zero-order valence-electron chi connectivity index (χ0n) is 12.6. The molecule has 21 heavy (non-hydrogen) atoms. The van der Waals surface area contributed by atoms with Gasteiger partial charge in [-0.3, -0.25) is 9.68 Å². The molecule has 8 nitrogen and oxygen atoms in total. The summed E-state index contributed by atoms with van der Waals surface area (Å²) in [6, 6.07) is 0. The molecule has 11 heteroatoms. The standard InChI is InChI=1S/C10H18N4O4S3/c1-7(19-5)11-17-9(15)13(3)21-14(4)10(16)18-12-8(2)20-6/h1-6H3/b11-7-,12-8-. The lowest BCUT2D eigenvalue weighted by Crippen LogP contribution is -2.28. The van der Waals surface area contributed by atoms with E-state index in [2.05, 4.69) is 20.0 Å². The summed E-state index contributed by atoms with van der Waals surface area (Å²) >= 11 is 3.51. The molecule has 0 N–H and O–H groups in total. The van der Waals surface area contributed by atoms with E-state index in [0.29, 0.717) is 10.1 Å². The highest BCUT2D eigenvalue weighted by Crippen LogP contribution is 2.15. The molecule has 0 aromatic heterocycles. The Morgan fingerprint density at radius 3 is 1.48 bits per heavy atom. The Balaban J connectivity index is 4.33. The molecule has 0 saturated heterocycles. The van der Waals surface area contributed by atoms with Crippen LogP contribution in [0.5, 0.6) is 0 Å². The molecule has 0 heterocycles. The maximum absolute atomic E-state index is 11.6. The molecule has 0 aliphatic heterocycles. The van der Waals surface area contributed by atoms with Crippen molar-refractivity contribution in [3.8, 4) is 0 Å². The lowest BCUT2D eigenvalue weighted by Gasteiger charge is -2.19. The van der Waals surface area contributed by atoms with Gasteiger partial charge in [0.25, 0.3) is 0 Å². The predicted molar refractivity (Wildman–Crippen MR) is 89.3 cm³/mol. The van der Waals surface area contributed by atoms with Crippen LogP contribution in [-0.4, -0.2) is 57.5 Å². The normalized spacial score (nSPS) is 11.9. The van der Waals surface area contributed by atoms with Crippen LogP contribution in [-0.2, 0) is 9.68 Å². The van der Waals surface area contributed by atoms with Gasteiger partial charge in [0.2, 0.25) is 0 Å². The van der Waals surface area contributed by atoms with Crippen molar-refractivity contribution in [2.45, 2.75) is 13.8 Å². The van der Waals surface area contributed by atoms with Crippen molar-refractivity contribution in [3.63, 3.8) is 0 Å². The zero-order chi connectivity index (χ0) is 16.4. The average Bonchev–Trinajstić information content (AvgIpc) is 2.48. The first-order chi connectivity index (χ1) is 9.81. The number of rotatable bonds is 4. The summed E-state index contributed by atoms with van der Waals surface area (Å²) in [4.78, 5) is 32.5. The van der Waals surface area contributed by atoms with Crippen molar-refractivity contribution >= 4 is 57.9 Å². The Morgan fingerprint density at radius 1 is 0.857 bits per heavy atom. The molecule has 0 aromatic rings. The van der Waals surface area contributed by atoms with Crippen molar-refractivity contribution in [3.05, 3.63) is 0 Å². The van der Waals surface area contributed by atoms with Crippen LogP contribution in [0.4, 0.5) is 9.59 Å². The predicted octanol–water partition coefficient (Wildman–Crippen LogP) is 3.08. The molecule has 0 radical (unpaired) electrons. The van der Waals surface area contributed by atoms with Crippen molar-refractivity contribution in [2.75, 3.05) is 26.6 Å². The molecule has 0 aliphatic carbocycles. The summed E-state index contributed by atoms with van der Waals surface area (Å²) < 4.78 is 2.20. The molecule has 0 aliphatic rings. The van der Waals surface area contributed by atoms with Crippen LogP contribution in [0.3, 0.4) is 0 Å². The number of carbonyl (C=O) groups excluding carboxylic acids is 2. The molecular formula is C10H18N4O4S3. The highest BCUT2D eigenvalue weighted by molar-refractivity contribution is 8.13. The van der Waals surface area contributed by atoms with Crippen LogP contribution < -0.4 is 0 Å². The van der Waals surface area contributed by atoms with E-state index in [4.69, 9.17) is 0 Å². The van der Waals surface area contributed by atoms with Gasteiger partial charge in [0.15, 0.2) is 0 Å². The Labute approximate surface area is 136 Å². The maximum Gasteiger partial charge on any atom is 0.447 e. The van der Waals surface area contributed by atoms with Gasteiger partial charge in [-0.15, -0.1) is 23.5 Å². The minimum atomic E-state index is -0.711. The second-order valence-electron chi connectivity index (χ2n) is 3.42. The number of hydrogen-bond acceptors (Lipinski definition) is 9. The summed E-state index contributed by atoms with van der Waals surface area (Å²) in [5, 5.41) is 8.42. The van der Waals surface area contributed by atoms with Crippen LogP contribution >= 0.6 is 35.7 Å². The van der Waals surface area contributed by atoms with Gasteiger partial charge in [-0.05, 0) is 26.4 Å². The molecular weight excluding hydrogens is 336 g/mol. The van der Waals surface area contributed by atoms with Gasteiger partial charge >= 0.3 is 12.2 Å². The van der Waals surface area contributed by atoms with Gasteiger partial charge in [0, 0.05) is 14.1 Å². The maximum atomic E-state index is 11.6. The molecule has 0 bridgehead atoms. The summed E-state index contributed by atoms with van der Waals surface area (Å²) in [7, 11) is 2.88. The third kappa shape index (κ3) is 8.73. The number of oxime groups is 2. The molecule has 0 rings (SSSR count). The van der Waals surface area contributed by atoms with Crippen molar-refractivity contribution in [1.82, 2.24) is 8.61 Å². The van der Waals surface area contributed by atoms with Crippen LogP contribution in [0.2, 0.25) is 0 Å². The largest absolute Gasteiger partial charge is 0.447 e. The van der Waals surface area contributed by atoms with Gasteiger partial charge in [-0.2, -0.15) is 0 Å². The first-order valence-corrected chi connectivity index (χ1v) is 8.74. The van der Waals surface area contributed by atoms with Crippen molar-refractivity contribution < 1.29 is 19.3 Å². The first-order valence-electron chi connectivity index (χ1n) is 5.56. The summed E-state index contributed by atoms with van der Waals surface area (Å²) in [6.07, 6.45) is 2.20. The number of carbonyl (C=O) groups is 2. The SMILES string of the molecule is CS/C(C)=N\OC(=O)N(C)SN(C)C(=O)O/N=C(/C)SC. The van der Waals surface area contributed by atoms with Gasteiger partial charge in [-0.25, -0.2) is 18.2 Å². The Kier molecular flexibility index (Phi) is 10.1. The third-order valence-corrected chi connectivity index (χ3v) is 3.97. The molecule has 0 atom stereocenters. The summed E-state index contributed by atoms with van der Waals surface area (Å²) in [6.45, 7) is 3.42. The quantitative estimate of drug-likeness (QED) is 0.252. The second-order valence-corrected chi connectivity index (χ2v) is 6.68. The zero-order valence-corrected chi connectivity index (χ0v) is 15.1. The first kappa shape index (κ1) is 19.9.